The van der Waals surface area contributed by atoms with Crippen LogP contribution in [0.5, 0.6) is 5.75 Å². The molecule has 1 aliphatic carbocycles. The van der Waals surface area contributed by atoms with Gasteiger partial charge in [-0.25, -0.2) is 4.31 Å². The summed E-state index contributed by atoms with van der Waals surface area (Å²) in [7, 11) is 0.446. The van der Waals surface area contributed by atoms with E-state index in [4.69, 9.17) is 4.74 Å². The predicted octanol–water partition coefficient (Wildman–Crippen LogP) is 3.79. The summed E-state index contributed by atoms with van der Waals surface area (Å²) in [6, 6.07) is 12.0. The van der Waals surface area contributed by atoms with E-state index in [9.17, 15) is 18.0 Å². The second-order valence-corrected chi connectivity index (χ2v) is 12.5. The van der Waals surface area contributed by atoms with Gasteiger partial charge in [0.05, 0.1) is 12.8 Å². The topological polar surface area (TPSA) is 99.3 Å². The molecule has 0 heterocycles. The van der Waals surface area contributed by atoms with Crippen molar-refractivity contribution in [1.82, 2.24) is 14.5 Å². The number of methoxy groups -OCH3 is 1. The van der Waals surface area contributed by atoms with Gasteiger partial charge in [-0.05, 0) is 68.5 Å². The van der Waals surface area contributed by atoms with Crippen LogP contribution in [0.4, 0.5) is 5.69 Å². The average molecular weight is 559 g/mol. The Labute approximate surface area is 233 Å². The lowest BCUT2D eigenvalue weighted by molar-refractivity contribution is -0.139. The molecule has 0 radical (unpaired) electrons. The summed E-state index contributed by atoms with van der Waals surface area (Å²) in [6.45, 7) is 5.08. The van der Waals surface area contributed by atoms with Gasteiger partial charge in [-0.3, -0.25) is 9.59 Å². The normalized spacial score (nSPS) is 15.1. The van der Waals surface area contributed by atoms with E-state index in [0.29, 0.717) is 11.4 Å². The van der Waals surface area contributed by atoms with Crippen molar-refractivity contribution in [3.05, 3.63) is 59.2 Å². The molecule has 0 aliphatic heterocycles. The quantitative estimate of drug-likeness (QED) is 0.453. The first-order valence-corrected chi connectivity index (χ1v) is 14.8. The van der Waals surface area contributed by atoms with Crippen molar-refractivity contribution >= 4 is 27.7 Å². The third kappa shape index (κ3) is 7.73. The van der Waals surface area contributed by atoms with Crippen molar-refractivity contribution in [2.75, 3.05) is 32.1 Å². The lowest BCUT2D eigenvalue weighted by Gasteiger charge is -2.34. The standard InChI is InChI=1S/C29H42N4O5S/c1-21-12-13-22(2)27(18-21)33(39(36,37)31(4)5)20-28(34)32(19-24-14-16-26(38-6)17-15-24)23(3)29(35)30-25-10-8-7-9-11-25/h12-18,23,25H,7-11,19-20H2,1-6H3,(H,30,35). The number of ether oxygens (including phenoxy) is 1. The molecule has 3 rings (SSSR count). The van der Waals surface area contributed by atoms with Crippen molar-refractivity contribution in [2.24, 2.45) is 0 Å². The van der Waals surface area contributed by atoms with Crippen molar-refractivity contribution in [3.8, 4) is 5.75 Å². The number of aryl methyl sites for hydroxylation is 2. The number of carbonyl (C=O) groups is 2. The van der Waals surface area contributed by atoms with Crippen molar-refractivity contribution in [2.45, 2.75) is 71.5 Å². The van der Waals surface area contributed by atoms with E-state index in [2.05, 4.69) is 5.32 Å². The summed E-state index contributed by atoms with van der Waals surface area (Å²) in [5, 5.41) is 3.12. The molecule has 1 unspecified atom stereocenters. The van der Waals surface area contributed by atoms with E-state index in [1.165, 1.54) is 25.4 Å². The highest BCUT2D eigenvalue weighted by atomic mass is 32.2. The Bertz CT molecular complexity index is 1240. The highest BCUT2D eigenvalue weighted by Crippen LogP contribution is 2.26. The van der Waals surface area contributed by atoms with Gasteiger partial charge in [0.2, 0.25) is 11.8 Å². The maximum absolute atomic E-state index is 14.0. The van der Waals surface area contributed by atoms with Crippen LogP contribution < -0.4 is 14.4 Å². The molecule has 1 fully saturated rings. The van der Waals surface area contributed by atoms with E-state index >= 15 is 0 Å². The van der Waals surface area contributed by atoms with Gasteiger partial charge in [-0.1, -0.05) is 43.5 Å². The van der Waals surface area contributed by atoms with E-state index in [0.717, 1.165) is 51.0 Å². The van der Waals surface area contributed by atoms with Gasteiger partial charge >= 0.3 is 10.2 Å². The molecule has 1 N–H and O–H groups in total. The molecule has 1 saturated carbocycles. The molecular formula is C29H42N4O5S. The molecule has 1 atom stereocenters. The highest BCUT2D eigenvalue weighted by molar-refractivity contribution is 7.90. The largest absolute Gasteiger partial charge is 0.497 e. The van der Waals surface area contributed by atoms with Crippen LogP contribution >= 0.6 is 0 Å². The number of benzene rings is 2. The van der Waals surface area contributed by atoms with Gasteiger partial charge in [-0.15, -0.1) is 0 Å². The molecule has 39 heavy (non-hydrogen) atoms. The molecule has 0 aromatic heterocycles. The molecule has 214 valence electrons. The van der Waals surface area contributed by atoms with Crippen molar-refractivity contribution in [3.63, 3.8) is 0 Å². The number of hydrogen-bond donors (Lipinski definition) is 1. The molecular weight excluding hydrogens is 516 g/mol. The first-order chi connectivity index (χ1) is 18.4. The first kappa shape index (κ1) is 30.4. The van der Waals surface area contributed by atoms with Crippen LogP contribution in [-0.2, 0) is 26.3 Å². The fourth-order valence-electron chi connectivity index (χ4n) is 4.77. The minimum atomic E-state index is -4.01. The molecule has 2 aromatic carbocycles. The molecule has 9 nitrogen and oxygen atoms in total. The molecule has 0 saturated heterocycles. The predicted molar refractivity (Wildman–Crippen MR) is 154 cm³/mol. The smallest absolute Gasteiger partial charge is 0.304 e. The van der Waals surface area contributed by atoms with Crippen molar-refractivity contribution in [1.29, 1.82) is 0 Å². The van der Waals surface area contributed by atoms with E-state index < -0.39 is 28.7 Å². The summed E-state index contributed by atoms with van der Waals surface area (Å²) in [5.74, 6) is -0.0288. The van der Waals surface area contributed by atoms with Gasteiger partial charge in [0, 0.05) is 26.7 Å². The zero-order valence-corrected chi connectivity index (χ0v) is 24.8. The van der Waals surface area contributed by atoms with Crippen LogP contribution in [0.25, 0.3) is 0 Å². The summed E-state index contributed by atoms with van der Waals surface area (Å²) < 4.78 is 34.3. The van der Waals surface area contributed by atoms with Crippen LogP contribution in [0.2, 0.25) is 0 Å². The van der Waals surface area contributed by atoms with Gasteiger partial charge in [0.15, 0.2) is 0 Å². The molecule has 10 heteroatoms. The molecule has 2 amide bonds. The fraction of sp³-hybridized carbons (Fsp3) is 0.517. The van der Waals surface area contributed by atoms with E-state index in [1.54, 1.807) is 32.2 Å². The molecule has 0 bridgehead atoms. The highest BCUT2D eigenvalue weighted by Gasteiger charge is 2.34. The monoisotopic (exact) mass is 558 g/mol. The van der Waals surface area contributed by atoms with Gasteiger partial charge < -0.3 is 15.0 Å². The zero-order valence-electron chi connectivity index (χ0n) is 23.9. The third-order valence-corrected chi connectivity index (χ3v) is 9.09. The van der Waals surface area contributed by atoms with Crippen LogP contribution in [0.15, 0.2) is 42.5 Å². The Balaban J connectivity index is 1.95. The molecule has 0 spiro atoms. The van der Waals surface area contributed by atoms with Crippen molar-refractivity contribution < 1.29 is 22.7 Å². The first-order valence-electron chi connectivity index (χ1n) is 13.4. The minimum absolute atomic E-state index is 0.0900. The Morgan fingerprint density at radius 1 is 1.03 bits per heavy atom. The summed E-state index contributed by atoms with van der Waals surface area (Å²) in [6.07, 6.45) is 5.15. The van der Waals surface area contributed by atoms with Gasteiger partial charge in [0.1, 0.15) is 18.3 Å². The number of nitrogens with one attached hydrogen (secondary N) is 1. The average Bonchev–Trinajstić information content (AvgIpc) is 2.92. The number of anilines is 1. The number of nitrogens with zero attached hydrogens (tertiary/aromatic N) is 3. The van der Waals surface area contributed by atoms with Crippen LogP contribution in [0.1, 0.15) is 55.7 Å². The Morgan fingerprint density at radius 3 is 2.26 bits per heavy atom. The zero-order chi connectivity index (χ0) is 28.7. The lowest BCUT2D eigenvalue weighted by atomic mass is 9.95. The Kier molecular flexibility index (Phi) is 10.4. The number of amides is 2. The molecule has 2 aromatic rings. The van der Waals surface area contributed by atoms with Crippen LogP contribution in [-0.4, -0.2) is 69.3 Å². The van der Waals surface area contributed by atoms with Crippen LogP contribution in [0.3, 0.4) is 0 Å². The maximum Gasteiger partial charge on any atom is 0.304 e. The van der Waals surface area contributed by atoms with Gasteiger partial charge in [0.25, 0.3) is 0 Å². The van der Waals surface area contributed by atoms with Crippen LogP contribution in [0, 0.1) is 13.8 Å². The second kappa shape index (κ2) is 13.3. The summed E-state index contributed by atoms with van der Waals surface area (Å²) >= 11 is 0. The van der Waals surface area contributed by atoms with Gasteiger partial charge in [-0.2, -0.15) is 12.7 Å². The number of rotatable bonds is 11. The Hall–Kier alpha value is -3.11. The Morgan fingerprint density at radius 2 is 1.67 bits per heavy atom. The molecule has 1 aliphatic rings. The number of carbonyl (C=O) groups excluding carboxylic acids is 2. The second-order valence-electron chi connectivity index (χ2n) is 10.5. The SMILES string of the molecule is COc1ccc(CN(C(=O)CN(c2cc(C)ccc2C)S(=O)(=O)N(C)C)C(C)C(=O)NC2CCCCC2)cc1. The third-order valence-electron chi connectivity index (χ3n) is 7.28. The summed E-state index contributed by atoms with van der Waals surface area (Å²) in [5.41, 5.74) is 2.83. The van der Waals surface area contributed by atoms with E-state index in [1.807, 2.05) is 38.1 Å². The lowest BCUT2D eigenvalue weighted by Crippen LogP contribution is -2.53. The minimum Gasteiger partial charge on any atom is -0.497 e. The number of hydrogen-bond acceptors (Lipinski definition) is 5. The van der Waals surface area contributed by atoms with E-state index in [-0.39, 0.29) is 18.5 Å². The summed E-state index contributed by atoms with van der Waals surface area (Å²) in [4.78, 5) is 28.8. The maximum atomic E-state index is 14.0. The fourth-order valence-corrected chi connectivity index (χ4v) is 5.88.